The smallest absolute Gasteiger partial charge is 0.243 e. The lowest BCUT2D eigenvalue weighted by Crippen LogP contribution is -2.27. The number of fused-ring (bicyclic) bond motifs is 1. The highest BCUT2D eigenvalue weighted by molar-refractivity contribution is 8.01. The van der Waals surface area contributed by atoms with Gasteiger partial charge in [0.05, 0.1) is 20.9 Å². The van der Waals surface area contributed by atoms with Gasteiger partial charge in [-0.05, 0) is 55.3 Å². The zero-order valence-electron chi connectivity index (χ0n) is 15.3. The van der Waals surface area contributed by atoms with Gasteiger partial charge in [-0.15, -0.1) is 11.3 Å². The average molecular weight is 468 g/mol. The van der Waals surface area contributed by atoms with Gasteiger partial charge in [0.15, 0.2) is 4.34 Å². The summed E-state index contributed by atoms with van der Waals surface area (Å²) in [5.41, 5.74) is 1.38. The molecule has 2 aromatic carbocycles. The molecule has 0 aliphatic carbocycles. The number of hydrogen-bond acceptors (Lipinski definition) is 6. The molecule has 1 amide bonds. The van der Waals surface area contributed by atoms with Gasteiger partial charge in [-0.25, -0.2) is 13.4 Å². The minimum Gasteiger partial charge on any atom is -0.325 e. The standard InChI is InChI=1S/C19H18ClN3O3S3/c20-13-3-8-17-16(11-13)22-19(28-17)27-12-18(24)21-14-4-6-15(7-5-14)29(25,26)23-9-1-2-10-23/h3-8,11H,1-2,9-10,12H2,(H,21,24). The zero-order chi connectivity index (χ0) is 20.4. The van der Waals surface area contributed by atoms with E-state index in [0.717, 1.165) is 27.4 Å². The number of thiazole rings is 1. The predicted molar refractivity (Wildman–Crippen MR) is 118 cm³/mol. The largest absolute Gasteiger partial charge is 0.325 e. The lowest BCUT2D eigenvalue weighted by molar-refractivity contribution is -0.113. The zero-order valence-corrected chi connectivity index (χ0v) is 18.5. The molecular weight excluding hydrogens is 450 g/mol. The van der Waals surface area contributed by atoms with E-state index in [4.69, 9.17) is 11.6 Å². The molecule has 2 heterocycles. The van der Waals surface area contributed by atoms with E-state index in [0.29, 0.717) is 23.8 Å². The summed E-state index contributed by atoms with van der Waals surface area (Å²) < 4.78 is 28.4. The summed E-state index contributed by atoms with van der Waals surface area (Å²) in [7, 11) is -3.45. The highest BCUT2D eigenvalue weighted by Gasteiger charge is 2.26. The fourth-order valence-corrected chi connectivity index (χ4v) is 6.59. The number of amides is 1. The molecule has 0 spiro atoms. The maximum Gasteiger partial charge on any atom is 0.243 e. The van der Waals surface area contributed by atoms with Gasteiger partial charge < -0.3 is 5.32 Å². The van der Waals surface area contributed by atoms with Crippen molar-refractivity contribution >= 4 is 66.5 Å². The quantitative estimate of drug-likeness (QED) is 0.541. The van der Waals surface area contributed by atoms with Crippen molar-refractivity contribution in [2.75, 3.05) is 24.2 Å². The van der Waals surface area contributed by atoms with E-state index in [2.05, 4.69) is 10.3 Å². The fraction of sp³-hybridized carbons (Fsp3) is 0.263. The van der Waals surface area contributed by atoms with Crippen LogP contribution in [-0.2, 0) is 14.8 Å². The molecule has 0 unspecified atom stereocenters. The van der Waals surface area contributed by atoms with E-state index in [1.54, 1.807) is 18.2 Å². The van der Waals surface area contributed by atoms with Crippen LogP contribution in [0.3, 0.4) is 0 Å². The van der Waals surface area contributed by atoms with Gasteiger partial charge in [0.1, 0.15) is 0 Å². The third-order valence-electron chi connectivity index (χ3n) is 4.50. The second-order valence-corrected chi connectivity index (χ2v) is 11.2. The number of rotatable bonds is 6. The van der Waals surface area contributed by atoms with Gasteiger partial charge in [-0.2, -0.15) is 4.31 Å². The number of nitrogens with one attached hydrogen (secondary N) is 1. The molecule has 1 aliphatic heterocycles. The van der Waals surface area contributed by atoms with E-state index in [-0.39, 0.29) is 16.6 Å². The molecule has 1 fully saturated rings. The Morgan fingerprint density at radius 1 is 1.17 bits per heavy atom. The number of hydrogen-bond donors (Lipinski definition) is 1. The van der Waals surface area contributed by atoms with Crippen LogP contribution in [0.2, 0.25) is 5.02 Å². The normalized spacial score (nSPS) is 15.1. The molecular formula is C19H18ClN3O3S3. The van der Waals surface area contributed by atoms with Crippen LogP contribution in [0.4, 0.5) is 5.69 Å². The van der Waals surface area contributed by atoms with E-state index in [1.807, 2.05) is 12.1 Å². The van der Waals surface area contributed by atoms with Crippen molar-refractivity contribution in [2.45, 2.75) is 22.1 Å². The van der Waals surface area contributed by atoms with Crippen molar-refractivity contribution < 1.29 is 13.2 Å². The Bertz CT molecular complexity index is 1140. The van der Waals surface area contributed by atoms with Crippen LogP contribution in [0.25, 0.3) is 10.2 Å². The molecule has 1 saturated heterocycles. The van der Waals surface area contributed by atoms with E-state index in [1.165, 1.54) is 39.5 Å². The summed E-state index contributed by atoms with van der Waals surface area (Å²) in [4.78, 5) is 17.0. The van der Waals surface area contributed by atoms with Crippen LogP contribution in [-0.4, -0.2) is 42.5 Å². The number of benzene rings is 2. The summed E-state index contributed by atoms with van der Waals surface area (Å²) in [6.45, 7) is 1.13. The molecule has 152 valence electrons. The van der Waals surface area contributed by atoms with Crippen LogP contribution in [0.15, 0.2) is 51.7 Å². The highest BCUT2D eigenvalue weighted by atomic mass is 35.5. The third-order valence-corrected chi connectivity index (χ3v) is 8.82. The lowest BCUT2D eigenvalue weighted by Gasteiger charge is -2.15. The molecule has 3 aromatic rings. The molecule has 29 heavy (non-hydrogen) atoms. The number of aromatic nitrogens is 1. The van der Waals surface area contributed by atoms with Crippen molar-refractivity contribution in [3.63, 3.8) is 0 Å². The first-order valence-electron chi connectivity index (χ1n) is 9.01. The maximum atomic E-state index is 12.5. The predicted octanol–water partition coefficient (Wildman–Crippen LogP) is 4.47. The van der Waals surface area contributed by atoms with Crippen molar-refractivity contribution in [1.29, 1.82) is 0 Å². The lowest BCUT2D eigenvalue weighted by atomic mass is 10.3. The van der Waals surface area contributed by atoms with Crippen LogP contribution >= 0.6 is 34.7 Å². The molecule has 0 saturated carbocycles. The van der Waals surface area contributed by atoms with Gasteiger partial charge in [0, 0.05) is 23.8 Å². The Balaban J connectivity index is 1.35. The number of carbonyl (C=O) groups excluding carboxylic acids is 1. The van der Waals surface area contributed by atoms with Crippen molar-refractivity contribution in [3.05, 3.63) is 47.5 Å². The minimum atomic E-state index is -3.45. The first-order chi connectivity index (χ1) is 13.9. The third kappa shape index (κ3) is 4.75. The van der Waals surface area contributed by atoms with Crippen LogP contribution < -0.4 is 5.32 Å². The number of carbonyl (C=O) groups is 1. The fourth-order valence-electron chi connectivity index (χ4n) is 3.05. The van der Waals surface area contributed by atoms with Crippen molar-refractivity contribution in [1.82, 2.24) is 9.29 Å². The van der Waals surface area contributed by atoms with Gasteiger partial charge in [-0.1, -0.05) is 23.4 Å². The van der Waals surface area contributed by atoms with Gasteiger partial charge in [0.2, 0.25) is 15.9 Å². The summed E-state index contributed by atoms with van der Waals surface area (Å²) in [6.07, 6.45) is 1.79. The van der Waals surface area contributed by atoms with E-state index < -0.39 is 10.0 Å². The molecule has 0 radical (unpaired) electrons. The van der Waals surface area contributed by atoms with Crippen LogP contribution in [0.5, 0.6) is 0 Å². The Labute approximate surface area is 182 Å². The molecule has 1 N–H and O–H groups in total. The molecule has 10 heteroatoms. The second kappa shape index (κ2) is 8.61. The van der Waals surface area contributed by atoms with Gasteiger partial charge in [0.25, 0.3) is 0 Å². The summed E-state index contributed by atoms with van der Waals surface area (Å²) >= 11 is 8.84. The first-order valence-corrected chi connectivity index (χ1v) is 12.6. The highest BCUT2D eigenvalue weighted by Crippen LogP contribution is 2.31. The number of thioether (sulfide) groups is 1. The van der Waals surface area contributed by atoms with E-state index in [9.17, 15) is 13.2 Å². The number of nitrogens with zero attached hydrogens (tertiary/aromatic N) is 2. The molecule has 1 aliphatic rings. The topological polar surface area (TPSA) is 79.4 Å². The minimum absolute atomic E-state index is 0.178. The SMILES string of the molecule is O=C(CSc1nc2cc(Cl)ccc2s1)Nc1ccc(S(=O)(=O)N2CCCC2)cc1. The summed E-state index contributed by atoms with van der Waals surface area (Å²) in [5, 5.41) is 3.42. The Morgan fingerprint density at radius 2 is 1.90 bits per heavy atom. The molecule has 4 rings (SSSR count). The Morgan fingerprint density at radius 3 is 2.62 bits per heavy atom. The molecule has 6 nitrogen and oxygen atoms in total. The second-order valence-electron chi connectivity index (χ2n) is 6.56. The van der Waals surface area contributed by atoms with Gasteiger partial charge in [-0.3, -0.25) is 4.79 Å². The van der Waals surface area contributed by atoms with Gasteiger partial charge >= 0.3 is 0 Å². The number of halogens is 1. The monoisotopic (exact) mass is 467 g/mol. The first kappa shape index (κ1) is 20.6. The van der Waals surface area contributed by atoms with Crippen molar-refractivity contribution in [3.8, 4) is 0 Å². The Kier molecular flexibility index (Phi) is 6.12. The van der Waals surface area contributed by atoms with Crippen molar-refractivity contribution in [2.24, 2.45) is 0 Å². The summed E-state index contributed by atoms with van der Waals surface area (Å²) in [6, 6.07) is 11.8. The Hall–Kier alpha value is -1.65. The average Bonchev–Trinajstić information content (AvgIpc) is 3.36. The van der Waals surface area contributed by atoms with Crippen LogP contribution in [0, 0.1) is 0 Å². The number of sulfonamides is 1. The molecule has 0 bridgehead atoms. The molecule has 1 aromatic heterocycles. The molecule has 0 atom stereocenters. The van der Waals surface area contributed by atoms with E-state index >= 15 is 0 Å². The maximum absolute atomic E-state index is 12.5. The summed E-state index contributed by atoms with van der Waals surface area (Å²) in [5.74, 6) is 0.0314. The number of anilines is 1. The van der Waals surface area contributed by atoms with Crippen LogP contribution in [0.1, 0.15) is 12.8 Å².